The zero-order valence-electron chi connectivity index (χ0n) is 19.1. The fourth-order valence-electron chi connectivity index (χ4n) is 6.54. The minimum absolute atomic E-state index is 0.0508. The summed E-state index contributed by atoms with van der Waals surface area (Å²) in [5.41, 5.74) is -0.213. The second-order valence-electron chi connectivity index (χ2n) is 9.97. The van der Waals surface area contributed by atoms with Crippen LogP contribution in [0.5, 0.6) is 11.5 Å². The van der Waals surface area contributed by atoms with Crippen molar-refractivity contribution in [2.45, 2.75) is 75.2 Å². The van der Waals surface area contributed by atoms with Crippen molar-refractivity contribution >= 4 is 17.8 Å². The van der Waals surface area contributed by atoms with E-state index in [1.807, 2.05) is 20.0 Å². The van der Waals surface area contributed by atoms with Gasteiger partial charge in [-0.1, -0.05) is 26.3 Å². The number of aliphatic carboxylic acids is 1. The summed E-state index contributed by atoms with van der Waals surface area (Å²) in [6, 6.07) is 2.29. The summed E-state index contributed by atoms with van der Waals surface area (Å²) in [5.74, 6) is -1.01. The van der Waals surface area contributed by atoms with Crippen LogP contribution in [0.25, 0.3) is 0 Å². The number of nitrogens with one attached hydrogen (secondary N) is 1. The van der Waals surface area contributed by atoms with E-state index in [-0.39, 0.29) is 29.9 Å². The summed E-state index contributed by atoms with van der Waals surface area (Å²) in [5, 5.41) is 23.9. The Bertz CT molecular complexity index is 1040. The first kappa shape index (κ1) is 22.2. The number of nitrogens with zero attached hydrogens (tertiary/aromatic N) is 1. The molecule has 2 aliphatic carbocycles. The molecule has 0 aromatic heterocycles. The number of benzene rings is 1. The van der Waals surface area contributed by atoms with Gasteiger partial charge in [-0.25, -0.2) is 9.59 Å². The summed E-state index contributed by atoms with van der Waals surface area (Å²) in [4.78, 5) is 39.4. The van der Waals surface area contributed by atoms with E-state index in [1.165, 1.54) is 0 Å². The fraction of sp³-hybridized carbons (Fsp3) is 0.625. The van der Waals surface area contributed by atoms with E-state index in [2.05, 4.69) is 10.2 Å². The monoisotopic (exact) mass is 458 g/mol. The Balaban J connectivity index is 1.53. The quantitative estimate of drug-likeness (QED) is 0.608. The molecule has 33 heavy (non-hydrogen) atoms. The molecule has 1 unspecified atom stereocenters. The van der Waals surface area contributed by atoms with Crippen LogP contribution in [0.1, 0.15) is 50.7 Å². The average Bonchev–Trinajstić information content (AvgIpc) is 3.14. The molecule has 3 N–H and O–H groups in total. The number of ketones is 1. The number of Topliss-reactive ketones (excluding diaryl/α,β-unsaturated/α-hetero) is 1. The summed E-state index contributed by atoms with van der Waals surface area (Å²) in [6.07, 6.45) is 0.656. The molecule has 178 valence electrons. The van der Waals surface area contributed by atoms with Gasteiger partial charge in [0.05, 0.1) is 11.0 Å². The van der Waals surface area contributed by atoms with Crippen LogP contribution in [0, 0.1) is 5.92 Å². The van der Waals surface area contributed by atoms with Crippen LogP contribution in [0.2, 0.25) is 0 Å². The van der Waals surface area contributed by atoms with Gasteiger partial charge in [0.25, 0.3) is 0 Å². The lowest BCUT2D eigenvalue weighted by Crippen LogP contribution is -2.76. The number of carbonyl (C=O) groups is 3. The van der Waals surface area contributed by atoms with Crippen molar-refractivity contribution in [3.63, 3.8) is 0 Å². The molecule has 5 rings (SSSR count). The third kappa shape index (κ3) is 2.88. The second kappa shape index (κ2) is 7.43. The van der Waals surface area contributed by atoms with Gasteiger partial charge in [-0.3, -0.25) is 4.79 Å². The largest absolute Gasteiger partial charge is 0.480 e. The fourth-order valence-corrected chi connectivity index (χ4v) is 6.54. The van der Waals surface area contributed by atoms with Gasteiger partial charge in [0.15, 0.2) is 23.4 Å². The van der Waals surface area contributed by atoms with Crippen LogP contribution in [-0.4, -0.2) is 70.3 Å². The molecular weight excluding hydrogens is 428 g/mol. The average molecular weight is 459 g/mol. The topological polar surface area (TPSA) is 125 Å². The number of carbonyl (C=O) groups excluding carboxylic acids is 2. The smallest absolute Gasteiger partial charge is 0.413 e. The predicted octanol–water partition coefficient (Wildman–Crippen LogP) is 1.63. The van der Waals surface area contributed by atoms with Crippen molar-refractivity contribution in [2.75, 3.05) is 13.6 Å². The minimum atomic E-state index is -1.13. The zero-order chi connectivity index (χ0) is 23.7. The molecule has 1 aromatic rings. The molecule has 1 spiro atoms. The van der Waals surface area contributed by atoms with Crippen LogP contribution in [0.3, 0.4) is 0 Å². The second-order valence-corrected chi connectivity index (χ2v) is 9.97. The Hall–Kier alpha value is -2.65. The van der Waals surface area contributed by atoms with Crippen LogP contribution >= 0.6 is 0 Å². The molecule has 1 aromatic carbocycles. The number of likely N-dealkylation sites (tertiary alicyclic amines) is 1. The number of piperidine rings is 1. The molecule has 4 aliphatic rings. The number of likely N-dealkylation sites (N-methyl/N-ethyl adjacent to an activating group) is 1. The van der Waals surface area contributed by atoms with E-state index in [0.29, 0.717) is 31.4 Å². The molecule has 2 fully saturated rings. The Kier molecular flexibility index (Phi) is 4.99. The lowest BCUT2D eigenvalue weighted by Gasteiger charge is -2.61. The van der Waals surface area contributed by atoms with Gasteiger partial charge >= 0.3 is 12.1 Å². The first-order chi connectivity index (χ1) is 15.6. The molecule has 0 radical (unpaired) electrons. The van der Waals surface area contributed by atoms with Crippen LogP contribution < -0.4 is 14.8 Å². The van der Waals surface area contributed by atoms with E-state index in [9.17, 15) is 24.6 Å². The van der Waals surface area contributed by atoms with E-state index in [1.54, 1.807) is 13.0 Å². The highest BCUT2D eigenvalue weighted by Crippen LogP contribution is 2.64. The van der Waals surface area contributed by atoms with Crippen molar-refractivity contribution in [2.24, 2.45) is 5.92 Å². The molecule has 2 aliphatic heterocycles. The van der Waals surface area contributed by atoms with Crippen molar-refractivity contribution in [1.29, 1.82) is 0 Å². The molecule has 9 heteroatoms. The van der Waals surface area contributed by atoms with Crippen LogP contribution in [0.4, 0.5) is 4.79 Å². The third-order valence-corrected chi connectivity index (χ3v) is 8.47. The summed E-state index contributed by atoms with van der Waals surface area (Å²) >= 11 is 0. The Labute approximate surface area is 192 Å². The summed E-state index contributed by atoms with van der Waals surface area (Å²) in [6.45, 7) is 4.31. The van der Waals surface area contributed by atoms with Gasteiger partial charge in [0, 0.05) is 18.0 Å². The number of amides is 1. The number of ether oxygens (including phenoxy) is 2. The molecule has 1 saturated carbocycles. The molecule has 1 saturated heterocycles. The number of rotatable bonds is 5. The predicted molar refractivity (Wildman–Crippen MR) is 117 cm³/mol. The number of carboxylic acid groups (broad SMARTS) is 1. The van der Waals surface area contributed by atoms with Crippen LogP contribution in [-0.2, 0) is 21.4 Å². The number of hydrogen-bond donors (Lipinski definition) is 3. The Morgan fingerprint density at radius 2 is 2.12 bits per heavy atom. The highest BCUT2D eigenvalue weighted by Gasteiger charge is 2.72. The SMILES string of the molecule is CC[C@@H](C)C(NC(=O)Oc1ccc2c3c1O[C@H]1C(=O)CC[C@@]4(O)[C@@H](C2)N(C)CC[C@]314)C(=O)O. The molecule has 9 nitrogen and oxygen atoms in total. The maximum atomic E-state index is 13.0. The summed E-state index contributed by atoms with van der Waals surface area (Å²) < 4.78 is 11.7. The molecule has 2 bridgehead atoms. The maximum Gasteiger partial charge on any atom is 0.413 e. The minimum Gasteiger partial charge on any atom is -0.480 e. The van der Waals surface area contributed by atoms with Crippen molar-refractivity contribution in [1.82, 2.24) is 10.2 Å². The summed E-state index contributed by atoms with van der Waals surface area (Å²) in [7, 11) is 2.00. The van der Waals surface area contributed by atoms with Crippen molar-refractivity contribution < 1.29 is 34.1 Å². The highest BCUT2D eigenvalue weighted by atomic mass is 16.6. The highest BCUT2D eigenvalue weighted by molar-refractivity contribution is 5.90. The van der Waals surface area contributed by atoms with Crippen molar-refractivity contribution in [3.05, 3.63) is 23.3 Å². The zero-order valence-corrected chi connectivity index (χ0v) is 19.1. The van der Waals surface area contributed by atoms with E-state index >= 15 is 0 Å². The third-order valence-electron chi connectivity index (χ3n) is 8.47. The van der Waals surface area contributed by atoms with Gasteiger partial charge in [0.1, 0.15) is 6.04 Å². The van der Waals surface area contributed by atoms with E-state index in [4.69, 9.17) is 9.47 Å². The normalized spacial score (nSPS) is 33.5. The molecule has 2 heterocycles. The van der Waals surface area contributed by atoms with Gasteiger partial charge in [-0.05, 0) is 50.4 Å². The number of hydrogen-bond acceptors (Lipinski definition) is 7. The van der Waals surface area contributed by atoms with Gasteiger partial charge in [-0.2, -0.15) is 0 Å². The lowest BCUT2D eigenvalue weighted by atomic mass is 9.49. The first-order valence-electron chi connectivity index (χ1n) is 11.6. The Morgan fingerprint density at radius 3 is 2.82 bits per heavy atom. The Morgan fingerprint density at radius 1 is 1.36 bits per heavy atom. The van der Waals surface area contributed by atoms with Gasteiger partial charge < -0.3 is 29.9 Å². The number of aliphatic hydroxyl groups is 1. The molecule has 1 amide bonds. The van der Waals surface area contributed by atoms with Crippen LogP contribution in [0.15, 0.2) is 12.1 Å². The van der Waals surface area contributed by atoms with E-state index in [0.717, 1.165) is 17.7 Å². The molecular formula is C24H30N2O7. The first-order valence-corrected chi connectivity index (χ1v) is 11.6. The number of carboxylic acids is 1. The lowest BCUT2D eigenvalue weighted by molar-refractivity contribution is -0.185. The van der Waals surface area contributed by atoms with E-state index < -0.39 is 35.2 Å². The van der Waals surface area contributed by atoms with Gasteiger partial charge in [0.2, 0.25) is 0 Å². The molecule has 6 atom stereocenters. The van der Waals surface area contributed by atoms with Crippen molar-refractivity contribution in [3.8, 4) is 11.5 Å². The maximum absolute atomic E-state index is 13.0. The van der Waals surface area contributed by atoms with Gasteiger partial charge in [-0.15, -0.1) is 0 Å². The standard InChI is InChI=1S/C24H30N2O7/c1-4-12(2)18(21(28)29)25-22(30)32-15-6-5-13-11-16-24(31)8-7-14(27)20-23(24,9-10-26(16)3)17(13)19(15)33-20/h5-6,12,16,18,20,31H,4,7-11H2,1-3H3,(H,25,30)(H,28,29)/t12-,16-,18?,20+,23+,24-/m1/s1.